The van der Waals surface area contributed by atoms with Crippen LogP contribution in [-0.4, -0.2) is 41.7 Å². The molecule has 1 aliphatic rings. The van der Waals surface area contributed by atoms with Crippen LogP contribution in [0.3, 0.4) is 0 Å². The summed E-state index contributed by atoms with van der Waals surface area (Å²) in [5, 5.41) is 8.58. The average Bonchev–Trinajstić information content (AvgIpc) is 2.47. The van der Waals surface area contributed by atoms with Crippen molar-refractivity contribution in [1.82, 2.24) is 4.90 Å². The van der Waals surface area contributed by atoms with Crippen LogP contribution in [0.4, 0.5) is 0 Å². The fourth-order valence-electron chi connectivity index (χ4n) is 1.84. The van der Waals surface area contributed by atoms with Crippen molar-refractivity contribution in [2.45, 2.75) is 37.8 Å². The normalized spacial score (nSPS) is 26.2. The number of carboxylic acids is 1. The Morgan fingerprint density at radius 3 is 2.92 bits per heavy atom. The zero-order valence-corrected chi connectivity index (χ0v) is 8.07. The number of nitrogens with two attached hydrogens (primary N) is 1. The van der Waals surface area contributed by atoms with E-state index in [1.807, 2.05) is 0 Å². The van der Waals surface area contributed by atoms with Crippen LogP contribution < -0.4 is 5.73 Å². The molecule has 0 aromatic heterocycles. The van der Waals surface area contributed by atoms with Crippen LogP contribution in [0, 0.1) is 0 Å². The minimum atomic E-state index is -0.888. The van der Waals surface area contributed by atoms with Gasteiger partial charge in [0.05, 0.1) is 0 Å². The van der Waals surface area contributed by atoms with Gasteiger partial charge < -0.3 is 15.7 Å². The Morgan fingerprint density at radius 2 is 2.46 bits per heavy atom. The van der Waals surface area contributed by atoms with E-state index in [4.69, 9.17) is 10.8 Å². The zero-order valence-electron chi connectivity index (χ0n) is 8.07. The number of hydrogen-bond acceptors (Lipinski definition) is 3. The SMILES string of the molecule is CN1CCCC1CCC(N)C(=O)O. The molecule has 0 spiro atoms. The lowest BCUT2D eigenvalue weighted by atomic mass is 10.1. The maximum absolute atomic E-state index is 10.4. The van der Waals surface area contributed by atoms with Crippen molar-refractivity contribution >= 4 is 5.97 Å². The molecule has 2 atom stereocenters. The van der Waals surface area contributed by atoms with Gasteiger partial charge in [-0.3, -0.25) is 4.79 Å². The predicted molar refractivity (Wildman–Crippen MR) is 50.5 cm³/mol. The number of rotatable bonds is 4. The standard InChI is InChI=1S/C9H18N2O2/c1-11-6-2-3-7(11)4-5-8(10)9(12)13/h7-8H,2-6,10H2,1H3,(H,12,13). The van der Waals surface area contributed by atoms with Gasteiger partial charge in [0.25, 0.3) is 0 Å². The first-order valence-electron chi connectivity index (χ1n) is 4.80. The third kappa shape index (κ3) is 2.97. The van der Waals surface area contributed by atoms with Crippen molar-refractivity contribution in [2.75, 3.05) is 13.6 Å². The Bertz CT molecular complexity index is 184. The van der Waals surface area contributed by atoms with E-state index in [9.17, 15) is 4.79 Å². The van der Waals surface area contributed by atoms with Gasteiger partial charge in [-0.1, -0.05) is 0 Å². The number of nitrogens with zero attached hydrogens (tertiary/aromatic N) is 1. The second-order valence-corrected chi connectivity index (χ2v) is 3.80. The molecule has 1 fully saturated rings. The maximum atomic E-state index is 10.4. The van der Waals surface area contributed by atoms with E-state index in [0.29, 0.717) is 12.5 Å². The van der Waals surface area contributed by atoms with Crippen molar-refractivity contribution < 1.29 is 9.90 Å². The Hall–Kier alpha value is -0.610. The summed E-state index contributed by atoms with van der Waals surface area (Å²) in [7, 11) is 2.09. The van der Waals surface area contributed by atoms with Crippen molar-refractivity contribution in [1.29, 1.82) is 0 Å². The van der Waals surface area contributed by atoms with Crippen molar-refractivity contribution in [2.24, 2.45) is 5.73 Å². The average molecular weight is 186 g/mol. The van der Waals surface area contributed by atoms with Crippen LogP contribution in [0.15, 0.2) is 0 Å². The van der Waals surface area contributed by atoms with Gasteiger partial charge in [0.2, 0.25) is 0 Å². The van der Waals surface area contributed by atoms with Crippen molar-refractivity contribution in [3.8, 4) is 0 Å². The first-order valence-corrected chi connectivity index (χ1v) is 4.80. The minimum Gasteiger partial charge on any atom is -0.480 e. The largest absolute Gasteiger partial charge is 0.480 e. The molecule has 0 radical (unpaired) electrons. The van der Waals surface area contributed by atoms with Crippen LogP contribution in [0.25, 0.3) is 0 Å². The van der Waals surface area contributed by atoms with E-state index in [1.54, 1.807) is 0 Å². The minimum absolute atomic E-state index is 0.547. The molecule has 2 unspecified atom stereocenters. The third-order valence-corrected chi connectivity index (χ3v) is 2.80. The van der Waals surface area contributed by atoms with Gasteiger partial charge in [0, 0.05) is 6.04 Å². The van der Waals surface area contributed by atoms with Gasteiger partial charge in [0.15, 0.2) is 0 Å². The number of carboxylic acid groups (broad SMARTS) is 1. The van der Waals surface area contributed by atoms with Gasteiger partial charge >= 0.3 is 5.97 Å². The molecule has 0 bridgehead atoms. The van der Waals surface area contributed by atoms with E-state index in [-0.39, 0.29) is 0 Å². The molecule has 0 aliphatic carbocycles. The third-order valence-electron chi connectivity index (χ3n) is 2.80. The van der Waals surface area contributed by atoms with Gasteiger partial charge in [0.1, 0.15) is 6.04 Å². The highest BCUT2D eigenvalue weighted by Gasteiger charge is 2.22. The molecule has 76 valence electrons. The number of aliphatic carboxylic acids is 1. The van der Waals surface area contributed by atoms with E-state index in [1.165, 1.54) is 12.8 Å². The lowest BCUT2D eigenvalue weighted by molar-refractivity contribution is -0.138. The zero-order chi connectivity index (χ0) is 9.84. The molecule has 0 amide bonds. The topological polar surface area (TPSA) is 66.6 Å². The molecule has 3 N–H and O–H groups in total. The number of hydrogen-bond donors (Lipinski definition) is 2. The summed E-state index contributed by atoms with van der Waals surface area (Å²) >= 11 is 0. The van der Waals surface area contributed by atoms with Gasteiger partial charge in [-0.2, -0.15) is 0 Å². The summed E-state index contributed by atoms with van der Waals surface area (Å²) in [6.07, 6.45) is 3.90. The molecule has 0 aromatic carbocycles. The van der Waals surface area contributed by atoms with Crippen molar-refractivity contribution in [3.05, 3.63) is 0 Å². The summed E-state index contributed by atoms with van der Waals surface area (Å²) in [5.41, 5.74) is 5.42. The summed E-state index contributed by atoms with van der Waals surface area (Å²) in [4.78, 5) is 12.7. The Balaban J connectivity index is 2.22. The molecule has 0 saturated carbocycles. The number of likely N-dealkylation sites (tertiary alicyclic amines) is 1. The summed E-state index contributed by atoms with van der Waals surface area (Å²) in [5.74, 6) is -0.888. The summed E-state index contributed by atoms with van der Waals surface area (Å²) < 4.78 is 0. The maximum Gasteiger partial charge on any atom is 0.320 e. The Labute approximate surface area is 78.7 Å². The molecular formula is C9H18N2O2. The molecule has 4 nitrogen and oxygen atoms in total. The highest BCUT2D eigenvalue weighted by molar-refractivity contribution is 5.72. The molecule has 0 aromatic rings. The smallest absolute Gasteiger partial charge is 0.320 e. The fraction of sp³-hybridized carbons (Fsp3) is 0.889. The quantitative estimate of drug-likeness (QED) is 0.661. The molecule has 1 rings (SSSR count). The molecular weight excluding hydrogens is 168 g/mol. The number of carbonyl (C=O) groups is 1. The molecule has 13 heavy (non-hydrogen) atoms. The van der Waals surface area contributed by atoms with E-state index < -0.39 is 12.0 Å². The van der Waals surface area contributed by atoms with Crippen LogP contribution in [0.1, 0.15) is 25.7 Å². The van der Waals surface area contributed by atoms with Gasteiger partial charge in [-0.15, -0.1) is 0 Å². The molecule has 4 heteroatoms. The van der Waals surface area contributed by atoms with Crippen LogP contribution in [0.5, 0.6) is 0 Å². The van der Waals surface area contributed by atoms with E-state index in [2.05, 4.69) is 11.9 Å². The summed E-state index contributed by atoms with van der Waals surface area (Å²) in [6, 6.07) is -0.139. The first kappa shape index (κ1) is 10.5. The highest BCUT2D eigenvalue weighted by Crippen LogP contribution is 2.19. The highest BCUT2D eigenvalue weighted by atomic mass is 16.4. The molecule has 1 heterocycles. The van der Waals surface area contributed by atoms with Crippen LogP contribution in [0.2, 0.25) is 0 Å². The first-order chi connectivity index (χ1) is 6.11. The van der Waals surface area contributed by atoms with Crippen LogP contribution >= 0.6 is 0 Å². The van der Waals surface area contributed by atoms with Gasteiger partial charge in [-0.25, -0.2) is 0 Å². The Kier molecular flexibility index (Phi) is 3.69. The molecule has 1 aliphatic heterocycles. The van der Waals surface area contributed by atoms with E-state index in [0.717, 1.165) is 13.0 Å². The summed E-state index contributed by atoms with van der Waals surface area (Å²) in [6.45, 7) is 1.13. The lowest BCUT2D eigenvalue weighted by Gasteiger charge is -2.19. The van der Waals surface area contributed by atoms with Crippen LogP contribution in [-0.2, 0) is 4.79 Å². The second kappa shape index (κ2) is 4.58. The predicted octanol–water partition coefficient (Wildman–Crippen LogP) is 0.273. The fourth-order valence-corrected chi connectivity index (χ4v) is 1.84. The van der Waals surface area contributed by atoms with Gasteiger partial charge in [-0.05, 0) is 39.3 Å². The second-order valence-electron chi connectivity index (χ2n) is 3.80. The Morgan fingerprint density at radius 1 is 1.77 bits per heavy atom. The monoisotopic (exact) mass is 186 g/mol. The lowest BCUT2D eigenvalue weighted by Crippen LogP contribution is -2.33. The van der Waals surface area contributed by atoms with Crippen molar-refractivity contribution in [3.63, 3.8) is 0 Å². The molecule has 1 saturated heterocycles. The van der Waals surface area contributed by atoms with E-state index >= 15 is 0 Å².